The number of H-pyrrole nitrogens is 1. The number of hydrogen-bond acceptors (Lipinski definition) is 7. The number of hydrogen-bond donors (Lipinski definition) is 2. The van der Waals surface area contributed by atoms with E-state index in [1.807, 2.05) is 23.1 Å². The van der Waals surface area contributed by atoms with Gasteiger partial charge in [-0.05, 0) is 31.0 Å². The zero-order valence-corrected chi connectivity index (χ0v) is 21.3. The fourth-order valence-electron chi connectivity index (χ4n) is 5.54. The average Bonchev–Trinajstić information content (AvgIpc) is 3.61. The standard InChI is InChI=1S/C26H25F3N10O/c27-26(28,29)20-2-1-3-21(35-20)36-24(40)37-10-5-18(6-11-37)38-14-25(15-38,7-8-30)39-13-17(12-34-39)22-19-4-9-31-23(19)33-16-32-22/h1-4,9,12-13,16,18H,5-7,10-11,14-15H2,(H,31,32,33)(H,35,36,40). The maximum absolute atomic E-state index is 12.9. The summed E-state index contributed by atoms with van der Waals surface area (Å²) in [5, 5.41) is 17.6. The van der Waals surface area contributed by atoms with Gasteiger partial charge in [0.1, 0.15) is 29.0 Å². The predicted octanol–water partition coefficient (Wildman–Crippen LogP) is 3.86. The van der Waals surface area contributed by atoms with Crippen molar-refractivity contribution in [1.82, 2.24) is 39.5 Å². The maximum atomic E-state index is 12.9. The van der Waals surface area contributed by atoms with E-state index in [1.54, 1.807) is 11.1 Å². The number of carbonyl (C=O) groups is 1. The molecule has 0 radical (unpaired) electrons. The molecular weight excluding hydrogens is 525 g/mol. The molecule has 206 valence electrons. The van der Waals surface area contributed by atoms with Gasteiger partial charge in [0.2, 0.25) is 0 Å². The number of amides is 2. The van der Waals surface area contributed by atoms with E-state index in [9.17, 15) is 23.2 Å². The van der Waals surface area contributed by atoms with Gasteiger partial charge in [-0.2, -0.15) is 23.5 Å². The summed E-state index contributed by atoms with van der Waals surface area (Å²) in [7, 11) is 0. The van der Waals surface area contributed by atoms with Crippen LogP contribution in [0.1, 0.15) is 25.0 Å². The number of likely N-dealkylation sites (tertiary alicyclic amines) is 2. The minimum absolute atomic E-state index is 0.135. The molecule has 11 nitrogen and oxygen atoms in total. The summed E-state index contributed by atoms with van der Waals surface area (Å²) >= 11 is 0. The Morgan fingerprint density at radius 2 is 2.00 bits per heavy atom. The van der Waals surface area contributed by atoms with Gasteiger partial charge in [-0.1, -0.05) is 6.07 Å². The van der Waals surface area contributed by atoms with Gasteiger partial charge in [-0.3, -0.25) is 14.9 Å². The van der Waals surface area contributed by atoms with Gasteiger partial charge in [0.25, 0.3) is 0 Å². The number of nitriles is 1. The summed E-state index contributed by atoms with van der Waals surface area (Å²) in [4.78, 5) is 31.8. The van der Waals surface area contributed by atoms with Crippen LogP contribution >= 0.6 is 0 Å². The van der Waals surface area contributed by atoms with Gasteiger partial charge in [-0.25, -0.2) is 19.7 Å². The van der Waals surface area contributed by atoms with Gasteiger partial charge in [0.05, 0.1) is 24.4 Å². The van der Waals surface area contributed by atoms with E-state index in [4.69, 9.17) is 0 Å². The molecule has 4 aromatic heterocycles. The fraction of sp³-hybridized carbons (Fsp3) is 0.385. The van der Waals surface area contributed by atoms with E-state index in [1.165, 1.54) is 18.5 Å². The van der Waals surface area contributed by atoms with Crippen LogP contribution in [0.15, 0.2) is 49.2 Å². The third-order valence-corrected chi connectivity index (χ3v) is 7.64. The van der Waals surface area contributed by atoms with Crippen LogP contribution in [0, 0.1) is 11.3 Å². The lowest BCUT2D eigenvalue weighted by molar-refractivity contribution is -0.141. The molecule has 14 heteroatoms. The number of pyridine rings is 1. The first-order valence-electron chi connectivity index (χ1n) is 12.8. The molecule has 0 unspecified atom stereocenters. The Morgan fingerprint density at radius 3 is 2.75 bits per heavy atom. The number of rotatable bonds is 5. The smallest absolute Gasteiger partial charge is 0.346 e. The minimum atomic E-state index is -4.58. The molecule has 6 rings (SSSR count). The van der Waals surface area contributed by atoms with Crippen LogP contribution in [0.4, 0.5) is 23.8 Å². The number of aromatic amines is 1. The molecule has 2 fully saturated rings. The Balaban J connectivity index is 1.07. The monoisotopic (exact) mass is 550 g/mol. The van der Waals surface area contributed by atoms with E-state index >= 15 is 0 Å². The number of alkyl halides is 3. The molecule has 0 aliphatic carbocycles. The molecule has 0 atom stereocenters. The lowest BCUT2D eigenvalue weighted by Crippen LogP contribution is -2.66. The van der Waals surface area contributed by atoms with Crippen molar-refractivity contribution in [2.24, 2.45) is 0 Å². The zero-order chi connectivity index (χ0) is 27.9. The van der Waals surface area contributed by atoms with Crippen LogP contribution in [0.3, 0.4) is 0 Å². The number of nitrogens with zero attached hydrogens (tertiary/aromatic N) is 8. The average molecular weight is 551 g/mol. The third-order valence-electron chi connectivity index (χ3n) is 7.64. The summed E-state index contributed by atoms with van der Waals surface area (Å²) in [5.41, 5.74) is 0.845. The van der Waals surface area contributed by atoms with Crippen molar-refractivity contribution in [3.05, 3.63) is 54.9 Å². The first-order valence-corrected chi connectivity index (χ1v) is 12.8. The summed E-state index contributed by atoms with van der Waals surface area (Å²) in [5.74, 6) is -0.135. The Labute approximate surface area is 226 Å². The molecule has 0 aromatic carbocycles. The zero-order valence-electron chi connectivity index (χ0n) is 21.3. The summed E-state index contributed by atoms with van der Waals surface area (Å²) in [6, 6.07) is 7.39. The number of carbonyl (C=O) groups excluding carboxylic acids is 1. The molecule has 2 saturated heterocycles. The van der Waals surface area contributed by atoms with Crippen LogP contribution < -0.4 is 5.32 Å². The van der Waals surface area contributed by atoms with Crippen LogP contribution in [-0.4, -0.2) is 77.8 Å². The van der Waals surface area contributed by atoms with Crippen molar-refractivity contribution < 1.29 is 18.0 Å². The van der Waals surface area contributed by atoms with E-state index in [0.29, 0.717) is 45.4 Å². The molecule has 2 N–H and O–H groups in total. The van der Waals surface area contributed by atoms with Crippen molar-refractivity contribution in [2.45, 2.75) is 37.0 Å². The van der Waals surface area contributed by atoms with Gasteiger partial charge < -0.3 is 9.88 Å². The van der Waals surface area contributed by atoms with Gasteiger partial charge >= 0.3 is 12.2 Å². The van der Waals surface area contributed by atoms with Crippen LogP contribution in [0.25, 0.3) is 22.3 Å². The number of nitrogens with one attached hydrogen (secondary N) is 2. The van der Waals surface area contributed by atoms with E-state index in [-0.39, 0.29) is 11.9 Å². The van der Waals surface area contributed by atoms with Crippen LogP contribution in [-0.2, 0) is 11.7 Å². The van der Waals surface area contributed by atoms with Crippen LogP contribution in [0.5, 0.6) is 0 Å². The lowest BCUT2D eigenvalue weighted by Gasteiger charge is -2.53. The molecule has 0 saturated carbocycles. The second-order valence-corrected chi connectivity index (χ2v) is 10.2. The SMILES string of the molecule is N#CCC1(n2cc(-c3ncnc4[nH]ccc34)cn2)CN(C2CCN(C(=O)Nc3cccc(C(F)(F)F)n3)CC2)C1. The van der Waals surface area contributed by atoms with E-state index in [2.05, 4.69) is 41.3 Å². The Kier molecular flexibility index (Phi) is 6.38. The highest BCUT2D eigenvalue weighted by Gasteiger charge is 2.48. The van der Waals surface area contributed by atoms with E-state index in [0.717, 1.165) is 28.4 Å². The molecule has 0 bridgehead atoms. The highest BCUT2D eigenvalue weighted by atomic mass is 19.4. The summed E-state index contributed by atoms with van der Waals surface area (Å²) < 4.78 is 40.7. The molecule has 0 spiro atoms. The number of fused-ring (bicyclic) bond motifs is 1. The molecule has 4 aromatic rings. The van der Waals surface area contributed by atoms with Gasteiger partial charge in [-0.15, -0.1) is 0 Å². The quantitative estimate of drug-likeness (QED) is 0.386. The number of anilines is 1. The molecule has 40 heavy (non-hydrogen) atoms. The Bertz CT molecular complexity index is 1580. The Hall–Kier alpha value is -4.51. The predicted molar refractivity (Wildman–Crippen MR) is 138 cm³/mol. The van der Waals surface area contributed by atoms with Crippen molar-refractivity contribution in [3.8, 4) is 17.3 Å². The van der Waals surface area contributed by atoms with Crippen LogP contribution in [0.2, 0.25) is 0 Å². The normalized spacial score (nSPS) is 17.9. The highest BCUT2D eigenvalue weighted by Crippen LogP contribution is 2.37. The van der Waals surface area contributed by atoms with Crippen molar-refractivity contribution in [2.75, 3.05) is 31.5 Å². The number of halogens is 3. The number of urea groups is 1. The van der Waals surface area contributed by atoms with Gasteiger partial charge in [0, 0.05) is 55.6 Å². The molecule has 2 amide bonds. The van der Waals surface area contributed by atoms with E-state index < -0.39 is 23.4 Å². The third kappa shape index (κ3) is 4.73. The topological polar surface area (TPSA) is 132 Å². The van der Waals surface area contributed by atoms with Crippen molar-refractivity contribution in [1.29, 1.82) is 5.26 Å². The largest absolute Gasteiger partial charge is 0.433 e. The maximum Gasteiger partial charge on any atom is 0.433 e. The molecular formula is C26H25F3N10O. The summed E-state index contributed by atoms with van der Waals surface area (Å²) in [6.45, 7) is 2.22. The first kappa shape index (κ1) is 25.8. The molecule has 2 aliphatic rings. The molecule has 2 aliphatic heterocycles. The first-order chi connectivity index (χ1) is 19.3. The Morgan fingerprint density at radius 1 is 1.20 bits per heavy atom. The second kappa shape index (κ2) is 9.91. The van der Waals surface area contributed by atoms with Crippen molar-refractivity contribution >= 4 is 22.9 Å². The molecule has 6 heterocycles. The minimum Gasteiger partial charge on any atom is -0.346 e. The summed E-state index contributed by atoms with van der Waals surface area (Å²) in [6.07, 6.45) is 4.14. The second-order valence-electron chi connectivity index (χ2n) is 10.2. The van der Waals surface area contributed by atoms with Gasteiger partial charge in [0.15, 0.2) is 0 Å². The fourth-order valence-corrected chi connectivity index (χ4v) is 5.54. The number of piperidine rings is 1. The number of aromatic nitrogens is 6. The lowest BCUT2D eigenvalue weighted by atomic mass is 9.84. The van der Waals surface area contributed by atoms with Crippen molar-refractivity contribution in [3.63, 3.8) is 0 Å². The highest BCUT2D eigenvalue weighted by molar-refractivity contribution is 5.90.